The zero-order valence-electron chi connectivity index (χ0n) is 13.8. The molecule has 6 nitrogen and oxygen atoms in total. The monoisotopic (exact) mass is 329 g/mol. The molecule has 2 atom stereocenters. The van der Waals surface area contributed by atoms with E-state index in [1.54, 1.807) is 13.2 Å². The Balaban J connectivity index is 1.81. The topological polar surface area (TPSA) is 57.2 Å². The van der Waals surface area contributed by atoms with Gasteiger partial charge < -0.3 is 23.8 Å². The molecule has 1 spiro atoms. The maximum Gasteiger partial charge on any atom is 0.338 e. The van der Waals surface area contributed by atoms with Gasteiger partial charge in [0, 0.05) is 13.5 Å². The van der Waals surface area contributed by atoms with Gasteiger partial charge in [0.15, 0.2) is 11.5 Å². The number of benzene rings is 1. The Labute approximate surface area is 139 Å². The summed E-state index contributed by atoms with van der Waals surface area (Å²) in [5.41, 5.74) is 2.37. The maximum absolute atomic E-state index is 12.6. The molecule has 0 bridgehead atoms. The summed E-state index contributed by atoms with van der Waals surface area (Å²) in [6.45, 7) is 0.872. The number of carbonyl (C=O) groups excluding carboxylic acids is 1. The Morgan fingerprint density at radius 3 is 2.88 bits per heavy atom. The summed E-state index contributed by atoms with van der Waals surface area (Å²) in [5, 5.41) is 0. The van der Waals surface area contributed by atoms with E-state index in [2.05, 4.69) is 4.90 Å². The standard InChI is InChI=1S/C18H19NO5/c1-19-8-15-18(5-3-4-12(21-2)16(18)19)11-7-14-13(22-9-23-14)6-10(11)17(20)24-15/h6-7,15H,3-5,8-9H2,1-2H3/t15-,18-/m0/s1. The summed E-state index contributed by atoms with van der Waals surface area (Å²) in [7, 11) is 3.76. The minimum absolute atomic E-state index is 0.190. The van der Waals surface area contributed by atoms with Crippen LogP contribution in [0.4, 0.5) is 0 Å². The summed E-state index contributed by atoms with van der Waals surface area (Å²) in [6, 6.07) is 3.74. The Kier molecular flexibility index (Phi) is 2.68. The largest absolute Gasteiger partial charge is 0.499 e. The fourth-order valence-corrected chi connectivity index (χ4v) is 4.82. The van der Waals surface area contributed by atoms with Crippen LogP contribution in [0.5, 0.6) is 11.5 Å². The number of allylic oxidation sites excluding steroid dienone is 1. The number of hydrogen-bond donors (Lipinski definition) is 0. The molecule has 3 aliphatic heterocycles. The molecule has 0 saturated carbocycles. The second kappa shape index (κ2) is 4.59. The molecule has 1 saturated heterocycles. The molecule has 5 rings (SSSR count). The molecule has 6 heteroatoms. The van der Waals surface area contributed by atoms with E-state index in [0.29, 0.717) is 23.6 Å². The molecule has 0 aromatic heterocycles. The molecule has 0 amide bonds. The highest BCUT2D eigenvalue weighted by atomic mass is 16.7. The lowest BCUT2D eigenvalue weighted by molar-refractivity contribution is 0.00918. The lowest BCUT2D eigenvalue weighted by Gasteiger charge is -2.43. The summed E-state index contributed by atoms with van der Waals surface area (Å²) in [4.78, 5) is 14.7. The number of fused-ring (bicyclic) bond motifs is 2. The van der Waals surface area contributed by atoms with E-state index in [-0.39, 0.29) is 24.3 Å². The fraction of sp³-hybridized carbons (Fsp3) is 0.500. The van der Waals surface area contributed by atoms with Crippen LogP contribution in [0.1, 0.15) is 35.2 Å². The molecule has 1 aromatic rings. The third-order valence-corrected chi connectivity index (χ3v) is 5.74. The Morgan fingerprint density at radius 2 is 2.08 bits per heavy atom. The zero-order chi connectivity index (χ0) is 16.5. The molecule has 1 aromatic carbocycles. The second-order valence-electron chi connectivity index (χ2n) is 6.83. The van der Waals surface area contributed by atoms with Crippen molar-refractivity contribution in [1.82, 2.24) is 4.90 Å². The number of ether oxygens (including phenoxy) is 4. The van der Waals surface area contributed by atoms with Crippen molar-refractivity contribution in [1.29, 1.82) is 0 Å². The fourth-order valence-electron chi connectivity index (χ4n) is 4.82. The van der Waals surface area contributed by atoms with Crippen LogP contribution in [0.2, 0.25) is 0 Å². The Hall–Kier alpha value is -2.37. The SMILES string of the molecule is COC1=C2N(C)C[C@@H]3OC(=O)c4cc5c(cc4[C@]23CCC1)OCO5. The third kappa shape index (κ3) is 1.53. The van der Waals surface area contributed by atoms with Crippen LogP contribution in [0, 0.1) is 0 Å². The highest BCUT2D eigenvalue weighted by Gasteiger charge is 2.59. The first kappa shape index (κ1) is 14.0. The van der Waals surface area contributed by atoms with Gasteiger partial charge in [0.05, 0.1) is 30.3 Å². The van der Waals surface area contributed by atoms with Gasteiger partial charge in [0.2, 0.25) is 6.79 Å². The van der Waals surface area contributed by atoms with Crippen molar-refractivity contribution >= 4 is 5.97 Å². The van der Waals surface area contributed by atoms with Crippen LogP contribution >= 0.6 is 0 Å². The van der Waals surface area contributed by atoms with E-state index in [1.165, 1.54) is 0 Å². The molecular weight excluding hydrogens is 310 g/mol. The number of hydrogen-bond acceptors (Lipinski definition) is 6. The number of esters is 1. The van der Waals surface area contributed by atoms with Crippen LogP contribution in [-0.2, 0) is 14.9 Å². The molecule has 1 aliphatic carbocycles. The summed E-state index contributed by atoms with van der Waals surface area (Å²) in [5.74, 6) is 2.03. The first-order valence-corrected chi connectivity index (χ1v) is 8.29. The van der Waals surface area contributed by atoms with Gasteiger partial charge in [-0.05, 0) is 30.5 Å². The first-order chi connectivity index (χ1) is 11.6. The van der Waals surface area contributed by atoms with Gasteiger partial charge in [-0.3, -0.25) is 0 Å². The lowest BCUT2D eigenvalue weighted by Crippen LogP contribution is -2.47. The van der Waals surface area contributed by atoms with Gasteiger partial charge in [-0.15, -0.1) is 0 Å². The molecule has 24 heavy (non-hydrogen) atoms. The van der Waals surface area contributed by atoms with Crippen molar-refractivity contribution in [2.24, 2.45) is 0 Å². The number of likely N-dealkylation sites (tertiary alicyclic amines) is 1. The number of carbonyl (C=O) groups is 1. The van der Waals surface area contributed by atoms with Gasteiger partial charge in [0.25, 0.3) is 0 Å². The molecule has 3 heterocycles. The second-order valence-corrected chi connectivity index (χ2v) is 6.83. The number of likely N-dealkylation sites (N-methyl/N-ethyl adjacent to an activating group) is 1. The van der Waals surface area contributed by atoms with Gasteiger partial charge in [-0.2, -0.15) is 0 Å². The van der Waals surface area contributed by atoms with E-state index in [0.717, 1.165) is 36.3 Å². The van der Waals surface area contributed by atoms with Crippen LogP contribution in [0.3, 0.4) is 0 Å². The van der Waals surface area contributed by atoms with Crippen molar-refractivity contribution in [3.05, 3.63) is 34.7 Å². The van der Waals surface area contributed by atoms with E-state index in [4.69, 9.17) is 18.9 Å². The van der Waals surface area contributed by atoms with Crippen molar-refractivity contribution in [2.45, 2.75) is 30.8 Å². The van der Waals surface area contributed by atoms with Crippen molar-refractivity contribution in [3.63, 3.8) is 0 Å². The predicted octanol–water partition coefficient (Wildman–Crippen LogP) is 2.18. The summed E-state index contributed by atoms with van der Waals surface area (Å²) in [6.07, 6.45) is 2.66. The average molecular weight is 329 g/mol. The van der Waals surface area contributed by atoms with Crippen molar-refractivity contribution in [2.75, 3.05) is 27.5 Å². The van der Waals surface area contributed by atoms with E-state index >= 15 is 0 Å². The highest BCUT2D eigenvalue weighted by Crippen LogP contribution is 2.56. The normalized spacial score (nSPS) is 29.8. The predicted molar refractivity (Wildman–Crippen MR) is 84.0 cm³/mol. The highest BCUT2D eigenvalue weighted by molar-refractivity contribution is 5.95. The Bertz CT molecular complexity index is 786. The maximum atomic E-state index is 12.6. The van der Waals surface area contributed by atoms with E-state index < -0.39 is 0 Å². The number of rotatable bonds is 1. The number of nitrogens with zero attached hydrogens (tertiary/aromatic N) is 1. The van der Waals surface area contributed by atoms with Gasteiger partial charge >= 0.3 is 5.97 Å². The summed E-state index contributed by atoms with van der Waals surface area (Å²) >= 11 is 0. The number of methoxy groups -OCH3 is 1. The molecule has 126 valence electrons. The lowest BCUT2D eigenvalue weighted by atomic mass is 9.66. The third-order valence-electron chi connectivity index (χ3n) is 5.74. The average Bonchev–Trinajstić information content (AvgIpc) is 3.16. The van der Waals surface area contributed by atoms with Crippen molar-refractivity contribution < 1.29 is 23.7 Å². The Morgan fingerprint density at radius 1 is 1.29 bits per heavy atom. The van der Waals surface area contributed by atoms with Crippen LogP contribution in [0.25, 0.3) is 0 Å². The van der Waals surface area contributed by atoms with E-state index in [9.17, 15) is 4.79 Å². The van der Waals surface area contributed by atoms with Gasteiger partial charge in [-0.25, -0.2) is 4.79 Å². The van der Waals surface area contributed by atoms with Gasteiger partial charge in [0.1, 0.15) is 11.9 Å². The molecule has 4 aliphatic rings. The molecule has 0 unspecified atom stereocenters. The first-order valence-electron chi connectivity index (χ1n) is 8.29. The quantitative estimate of drug-likeness (QED) is 0.736. The van der Waals surface area contributed by atoms with E-state index in [1.807, 2.05) is 13.1 Å². The van der Waals surface area contributed by atoms with Crippen LogP contribution in [-0.4, -0.2) is 44.5 Å². The molecule has 0 radical (unpaired) electrons. The van der Waals surface area contributed by atoms with Crippen LogP contribution in [0.15, 0.2) is 23.6 Å². The van der Waals surface area contributed by atoms with Crippen molar-refractivity contribution in [3.8, 4) is 11.5 Å². The molecule has 1 fully saturated rings. The smallest absolute Gasteiger partial charge is 0.338 e. The van der Waals surface area contributed by atoms with Gasteiger partial charge in [-0.1, -0.05) is 0 Å². The zero-order valence-corrected chi connectivity index (χ0v) is 13.8. The molecular formula is C18H19NO5. The minimum atomic E-state index is -0.345. The summed E-state index contributed by atoms with van der Waals surface area (Å²) < 4.78 is 22.6. The minimum Gasteiger partial charge on any atom is -0.499 e. The van der Waals surface area contributed by atoms with Crippen LogP contribution < -0.4 is 9.47 Å². The molecule has 0 N–H and O–H groups in total.